The third-order valence-electron chi connectivity index (χ3n) is 12.3. The lowest BCUT2D eigenvalue weighted by atomic mass is 10.0. The van der Waals surface area contributed by atoms with Crippen LogP contribution in [0, 0.1) is 23.7 Å². The lowest BCUT2D eigenvalue weighted by Gasteiger charge is -2.46. The maximum atomic E-state index is 11.4. The van der Waals surface area contributed by atoms with Crippen molar-refractivity contribution >= 4 is 37.4 Å². The molecule has 344 valence electrons. The summed E-state index contributed by atoms with van der Waals surface area (Å²) in [6.45, 7) is 15.6. The van der Waals surface area contributed by atoms with Crippen LogP contribution < -0.4 is 25.5 Å². The number of ether oxygens (including phenoxy) is 2. The van der Waals surface area contributed by atoms with E-state index in [1.165, 1.54) is 29.6 Å². The number of rotatable bonds is 22. The summed E-state index contributed by atoms with van der Waals surface area (Å²) in [6, 6.07) is 50.0. The van der Waals surface area contributed by atoms with E-state index in [0.29, 0.717) is 13.0 Å². The van der Waals surface area contributed by atoms with Crippen LogP contribution in [0.4, 0.5) is 0 Å². The molecule has 5 rings (SSSR count). The third kappa shape index (κ3) is 13.2. The van der Waals surface area contributed by atoms with Crippen LogP contribution in [0.2, 0.25) is 10.1 Å². The second kappa shape index (κ2) is 24.7. The molecule has 5 aromatic rings. The molecular weight excluding hydrogens is 837 g/mol. The van der Waals surface area contributed by atoms with Gasteiger partial charge in [0.1, 0.15) is 18.0 Å². The fourth-order valence-electron chi connectivity index (χ4n) is 8.90. The minimum Gasteiger partial charge on any atom is -0.497 e. The summed E-state index contributed by atoms with van der Waals surface area (Å²) in [4.78, 5) is 0. The Bertz CT molecular complexity index is 2170. The van der Waals surface area contributed by atoms with Crippen LogP contribution >= 0.6 is 0 Å². The van der Waals surface area contributed by atoms with Gasteiger partial charge in [0.15, 0.2) is 0 Å². The molecule has 0 aliphatic heterocycles. The Morgan fingerprint density at radius 1 is 0.569 bits per heavy atom. The molecule has 0 saturated heterocycles. The van der Waals surface area contributed by atoms with Gasteiger partial charge in [-0.1, -0.05) is 226 Å². The molecule has 0 spiro atoms. The van der Waals surface area contributed by atoms with Crippen LogP contribution in [0.15, 0.2) is 146 Å². The van der Waals surface area contributed by atoms with Crippen LogP contribution in [0.5, 0.6) is 5.75 Å². The van der Waals surface area contributed by atoms with E-state index in [0.717, 1.165) is 40.9 Å². The Balaban J connectivity index is 1.59. The molecule has 0 aromatic heterocycles. The highest BCUT2D eigenvalue weighted by Crippen LogP contribution is 2.40. The Morgan fingerprint density at radius 3 is 1.46 bits per heavy atom. The molecule has 2 N–H and O–H groups in total. The Hall–Kier alpha value is -4.75. The van der Waals surface area contributed by atoms with Crippen LogP contribution in [0.25, 0.3) is 0 Å². The van der Waals surface area contributed by atoms with E-state index in [4.69, 9.17) is 18.3 Å². The first-order chi connectivity index (χ1) is 31.3. The molecule has 0 unspecified atom stereocenters. The number of unbranched alkanes of at least 4 members (excludes halogenated alkanes) is 4. The van der Waals surface area contributed by atoms with Crippen molar-refractivity contribution in [1.82, 2.24) is 0 Å². The molecule has 0 bridgehead atoms. The molecule has 0 aliphatic rings. The summed E-state index contributed by atoms with van der Waals surface area (Å²) >= 11 is 0. The van der Waals surface area contributed by atoms with Crippen molar-refractivity contribution in [2.24, 2.45) is 0 Å². The summed E-state index contributed by atoms with van der Waals surface area (Å²) in [7, 11) is -4.50. The van der Waals surface area contributed by atoms with E-state index in [1.807, 2.05) is 48.5 Å². The minimum absolute atomic E-state index is 0.269. The van der Waals surface area contributed by atoms with E-state index >= 15 is 0 Å². The molecule has 8 heteroatoms. The number of aliphatic hydroxyl groups is 2. The van der Waals surface area contributed by atoms with Gasteiger partial charge in [-0.2, -0.15) is 0 Å². The predicted octanol–water partition coefficient (Wildman–Crippen LogP) is 9.58. The molecular formula is C57H72O6Si2. The van der Waals surface area contributed by atoms with Gasteiger partial charge in [-0.15, -0.1) is 0 Å². The first-order valence-corrected chi connectivity index (χ1v) is 27.2. The normalized spacial score (nSPS) is 13.9. The lowest BCUT2D eigenvalue weighted by Crippen LogP contribution is -2.68. The van der Waals surface area contributed by atoms with Crippen molar-refractivity contribution in [3.05, 3.63) is 151 Å². The highest BCUT2D eigenvalue weighted by Gasteiger charge is 2.53. The molecule has 0 amide bonds. The van der Waals surface area contributed by atoms with Gasteiger partial charge in [-0.3, -0.25) is 0 Å². The van der Waals surface area contributed by atoms with Crippen molar-refractivity contribution in [2.45, 2.75) is 135 Å². The van der Waals surface area contributed by atoms with Gasteiger partial charge in [-0.25, -0.2) is 0 Å². The monoisotopic (exact) mass is 908 g/mol. The number of benzene rings is 5. The number of aliphatic hydroxyl groups excluding tert-OH is 2. The van der Waals surface area contributed by atoms with Gasteiger partial charge in [0, 0.05) is 6.42 Å². The van der Waals surface area contributed by atoms with Crippen LogP contribution in [0.1, 0.15) is 99.0 Å². The second-order valence-electron chi connectivity index (χ2n) is 18.9. The predicted molar refractivity (Wildman–Crippen MR) is 273 cm³/mol. The molecule has 5 aromatic carbocycles. The first kappa shape index (κ1) is 51.2. The number of hydrogen-bond donors (Lipinski definition) is 2. The zero-order chi connectivity index (χ0) is 46.8. The summed E-state index contributed by atoms with van der Waals surface area (Å²) in [5.41, 5.74) is 1.05. The summed E-state index contributed by atoms with van der Waals surface area (Å²) < 4.78 is 27.5. The molecule has 0 radical (unpaired) electrons. The topological polar surface area (TPSA) is 77.4 Å². The lowest BCUT2D eigenvalue weighted by molar-refractivity contribution is -0.0418. The second-order valence-corrected chi connectivity index (χ2v) is 27.5. The van der Waals surface area contributed by atoms with Crippen LogP contribution in [0.3, 0.4) is 0 Å². The van der Waals surface area contributed by atoms with Gasteiger partial charge in [0.2, 0.25) is 0 Å². The maximum absolute atomic E-state index is 11.4. The summed E-state index contributed by atoms with van der Waals surface area (Å²) in [5.74, 6) is 13.6. The molecule has 0 fully saturated rings. The first-order valence-electron chi connectivity index (χ1n) is 23.4. The number of methoxy groups -OCH3 is 1. The van der Waals surface area contributed by atoms with Gasteiger partial charge >= 0.3 is 0 Å². The van der Waals surface area contributed by atoms with Gasteiger partial charge in [0.05, 0.1) is 32.5 Å². The zero-order valence-corrected chi connectivity index (χ0v) is 42.1. The van der Waals surface area contributed by atoms with E-state index in [-0.39, 0.29) is 16.2 Å². The van der Waals surface area contributed by atoms with Crippen molar-refractivity contribution in [1.29, 1.82) is 0 Å². The number of hydrogen-bond acceptors (Lipinski definition) is 6. The highest BCUT2D eigenvalue weighted by atomic mass is 28.4. The average Bonchev–Trinajstić information content (AvgIpc) is 3.32. The molecule has 6 nitrogen and oxygen atoms in total. The third-order valence-corrected chi connectivity index (χ3v) is 22.4. The Kier molecular flexibility index (Phi) is 19.5. The minimum atomic E-state index is -3.13. The van der Waals surface area contributed by atoms with Gasteiger partial charge < -0.3 is 28.5 Å². The summed E-state index contributed by atoms with van der Waals surface area (Å²) in [6.07, 6.45) is 3.90. The van der Waals surface area contributed by atoms with Crippen molar-refractivity contribution in [3.63, 3.8) is 0 Å². The maximum Gasteiger partial charge on any atom is 0.262 e. The van der Waals surface area contributed by atoms with Crippen molar-refractivity contribution < 1.29 is 28.5 Å². The Labute approximate surface area is 393 Å². The van der Waals surface area contributed by atoms with Crippen LogP contribution in [-0.2, 0) is 20.2 Å². The van der Waals surface area contributed by atoms with Crippen molar-refractivity contribution in [2.75, 3.05) is 13.7 Å². The summed E-state index contributed by atoms with van der Waals surface area (Å²) in [5, 5.41) is 25.6. The SMILES string of the molecule is CCCCCCC[C@@H](OCc1ccc(OC)cc1)[C@@H](CC#CC#C[C@H](O[Si](c1ccccc1)(c1ccccc1)C(C)(C)C)[C@H](O)CO)O[Si](c1ccccc1)(c1ccccc1)C(C)(C)C. The Morgan fingerprint density at radius 2 is 1.03 bits per heavy atom. The zero-order valence-electron chi connectivity index (χ0n) is 40.1. The smallest absolute Gasteiger partial charge is 0.262 e. The van der Waals surface area contributed by atoms with Gasteiger partial charge in [-0.05, 0) is 66.8 Å². The van der Waals surface area contributed by atoms with Crippen molar-refractivity contribution in [3.8, 4) is 29.4 Å². The fourth-order valence-corrected chi connectivity index (χ4v) is 18.2. The fraction of sp³-hybridized carbons (Fsp3) is 0.404. The largest absolute Gasteiger partial charge is 0.497 e. The molecule has 0 saturated carbocycles. The van der Waals surface area contributed by atoms with E-state index in [9.17, 15) is 10.2 Å². The molecule has 4 atom stereocenters. The molecule has 0 aliphatic carbocycles. The van der Waals surface area contributed by atoms with E-state index in [2.05, 4.69) is 169 Å². The van der Waals surface area contributed by atoms with E-state index < -0.39 is 41.6 Å². The molecule has 65 heavy (non-hydrogen) atoms. The highest BCUT2D eigenvalue weighted by molar-refractivity contribution is 7.00. The van der Waals surface area contributed by atoms with Crippen LogP contribution in [-0.4, -0.2) is 65.0 Å². The van der Waals surface area contributed by atoms with E-state index in [1.54, 1.807) is 7.11 Å². The molecule has 0 heterocycles. The average molecular weight is 909 g/mol. The quantitative estimate of drug-likeness (QED) is 0.0410. The van der Waals surface area contributed by atoms with Gasteiger partial charge in [0.25, 0.3) is 16.6 Å². The standard InChI is InChI=1S/C57H72O6Si2/c1-9-10-11-12-26-38-54(61-45-46-40-42-47(60-8)43-41-46)55(63-65(57(5,6)7,50-33-22-15-23-34-50)51-35-24-16-25-36-51)39-28-17-27-37-53(52(59)44-58)62-64(56(2,3)4,48-29-18-13-19-30-48)49-31-20-14-21-32-49/h13-16,18-25,29-36,40-43,52-55,58-59H,9-12,26,38-39,44-45H2,1-8H3/t52-,53+,54-,55-/m1/s1.